The maximum atomic E-state index is 11.6. The molecular weight excluding hydrogens is 190 g/mol. The lowest BCUT2D eigenvalue weighted by molar-refractivity contribution is -0.125. The summed E-state index contributed by atoms with van der Waals surface area (Å²) in [5.74, 6) is 1.23. The molecule has 15 heavy (non-hydrogen) atoms. The lowest BCUT2D eigenvalue weighted by Gasteiger charge is -2.11. The van der Waals surface area contributed by atoms with Gasteiger partial charge in [0.1, 0.15) is 5.82 Å². The molecule has 0 radical (unpaired) electrons. The van der Waals surface area contributed by atoms with Gasteiger partial charge < -0.3 is 10.3 Å². The number of imidazole rings is 1. The van der Waals surface area contributed by atoms with Crippen molar-refractivity contribution in [3.8, 4) is 0 Å². The quantitative estimate of drug-likeness (QED) is 0.746. The molecule has 4 nitrogen and oxygen atoms in total. The second-order valence-corrected chi connectivity index (χ2v) is 3.59. The van der Waals surface area contributed by atoms with E-state index in [4.69, 9.17) is 0 Å². The molecule has 1 heterocycles. The Bertz CT molecular complexity index is 278. The van der Waals surface area contributed by atoms with Crippen molar-refractivity contribution < 1.29 is 4.79 Å². The van der Waals surface area contributed by atoms with Crippen LogP contribution in [0.25, 0.3) is 0 Å². The zero-order valence-corrected chi connectivity index (χ0v) is 9.42. The maximum absolute atomic E-state index is 11.6. The minimum absolute atomic E-state index is 0.154. The topological polar surface area (TPSA) is 57.8 Å². The minimum Gasteiger partial charge on any atom is -0.355 e. The number of carbonyl (C=O) groups excluding carboxylic acids is 1. The third kappa shape index (κ3) is 3.73. The van der Waals surface area contributed by atoms with E-state index in [1.54, 1.807) is 12.4 Å². The average molecular weight is 209 g/mol. The van der Waals surface area contributed by atoms with Crippen LogP contribution in [-0.4, -0.2) is 22.4 Å². The van der Waals surface area contributed by atoms with Crippen LogP contribution in [0.5, 0.6) is 0 Å². The molecule has 1 aromatic heterocycles. The molecule has 0 aliphatic rings. The fraction of sp³-hybridized carbons (Fsp3) is 0.636. The number of nitrogens with zero attached hydrogens (tertiary/aromatic N) is 1. The van der Waals surface area contributed by atoms with Crippen LogP contribution in [0.2, 0.25) is 0 Å². The number of aromatic nitrogens is 2. The number of hydrogen-bond acceptors (Lipinski definition) is 2. The molecule has 0 saturated heterocycles. The van der Waals surface area contributed by atoms with Gasteiger partial charge in [-0.15, -0.1) is 0 Å². The van der Waals surface area contributed by atoms with Gasteiger partial charge in [0.05, 0.1) is 0 Å². The first-order chi connectivity index (χ1) is 7.27. The second-order valence-electron chi connectivity index (χ2n) is 3.59. The van der Waals surface area contributed by atoms with Gasteiger partial charge in [-0.25, -0.2) is 4.98 Å². The van der Waals surface area contributed by atoms with Crippen LogP contribution in [0.3, 0.4) is 0 Å². The van der Waals surface area contributed by atoms with E-state index in [2.05, 4.69) is 15.3 Å². The number of hydrogen-bond donors (Lipinski definition) is 2. The van der Waals surface area contributed by atoms with Gasteiger partial charge in [0.2, 0.25) is 5.91 Å². The highest BCUT2D eigenvalue weighted by Crippen LogP contribution is 2.06. The molecule has 1 aromatic rings. The van der Waals surface area contributed by atoms with Crippen LogP contribution in [0.15, 0.2) is 12.4 Å². The molecule has 0 aromatic carbocycles. The summed E-state index contributed by atoms with van der Waals surface area (Å²) in [4.78, 5) is 18.7. The molecule has 0 unspecified atom stereocenters. The highest BCUT2D eigenvalue weighted by molar-refractivity contribution is 5.78. The first-order valence-corrected chi connectivity index (χ1v) is 5.53. The third-order valence-electron chi connectivity index (χ3n) is 2.57. The average Bonchev–Trinajstić information content (AvgIpc) is 2.72. The molecule has 1 rings (SSSR count). The van der Waals surface area contributed by atoms with Crippen molar-refractivity contribution in [3.05, 3.63) is 18.2 Å². The van der Waals surface area contributed by atoms with Crippen molar-refractivity contribution in [1.82, 2.24) is 15.3 Å². The van der Waals surface area contributed by atoms with Gasteiger partial charge in [-0.05, 0) is 12.8 Å². The van der Waals surface area contributed by atoms with Crippen molar-refractivity contribution in [2.45, 2.75) is 33.1 Å². The number of H-pyrrole nitrogens is 1. The molecule has 84 valence electrons. The molecule has 2 N–H and O–H groups in total. The van der Waals surface area contributed by atoms with Crippen LogP contribution in [0.1, 0.15) is 32.5 Å². The summed E-state index contributed by atoms with van der Waals surface area (Å²) < 4.78 is 0. The molecule has 0 aliphatic heterocycles. The molecule has 0 saturated carbocycles. The summed E-state index contributed by atoms with van der Waals surface area (Å²) in [7, 11) is 0. The summed E-state index contributed by atoms with van der Waals surface area (Å²) >= 11 is 0. The molecule has 0 atom stereocenters. The van der Waals surface area contributed by atoms with Gasteiger partial charge in [-0.2, -0.15) is 0 Å². The van der Waals surface area contributed by atoms with Gasteiger partial charge in [-0.1, -0.05) is 13.8 Å². The first-order valence-electron chi connectivity index (χ1n) is 5.53. The van der Waals surface area contributed by atoms with E-state index < -0.39 is 0 Å². The van der Waals surface area contributed by atoms with E-state index in [-0.39, 0.29) is 11.8 Å². The molecule has 0 aliphatic carbocycles. The summed E-state index contributed by atoms with van der Waals surface area (Å²) in [6, 6.07) is 0. The van der Waals surface area contributed by atoms with Gasteiger partial charge in [0.15, 0.2) is 0 Å². The van der Waals surface area contributed by atoms with E-state index in [9.17, 15) is 4.79 Å². The number of rotatable bonds is 6. The summed E-state index contributed by atoms with van der Waals surface area (Å²) in [5.41, 5.74) is 0. The normalized spacial score (nSPS) is 10.6. The van der Waals surface area contributed by atoms with Gasteiger partial charge >= 0.3 is 0 Å². The second kappa shape index (κ2) is 6.22. The Morgan fingerprint density at radius 3 is 2.80 bits per heavy atom. The lowest BCUT2D eigenvalue weighted by Crippen LogP contribution is -2.31. The standard InChI is InChI=1S/C11H19N3O/c1-3-9(4-2)11(15)14-6-5-10-12-7-8-13-10/h7-9H,3-6H2,1-2H3,(H,12,13)(H,14,15). The highest BCUT2D eigenvalue weighted by atomic mass is 16.1. The summed E-state index contributed by atoms with van der Waals surface area (Å²) in [6.07, 6.45) is 6.08. The third-order valence-corrected chi connectivity index (χ3v) is 2.57. The Kier molecular flexibility index (Phi) is 4.87. The fourth-order valence-corrected chi connectivity index (χ4v) is 1.54. The first kappa shape index (κ1) is 11.8. The highest BCUT2D eigenvalue weighted by Gasteiger charge is 2.12. The molecule has 0 spiro atoms. The monoisotopic (exact) mass is 209 g/mol. The number of aromatic amines is 1. The smallest absolute Gasteiger partial charge is 0.223 e. The summed E-state index contributed by atoms with van der Waals surface area (Å²) in [5, 5.41) is 2.92. The van der Waals surface area contributed by atoms with E-state index in [0.29, 0.717) is 6.54 Å². The van der Waals surface area contributed by atoms with E-state index in [1.165, 1.54) is 0 Å². The minimum atomic E-state index is 0.154. The number of nitrogens with one attached hydrogen (secondary N) is 2. The van der Waals surface area contributed by atoms with Crippen LogP contribution in [0, 0.1) is 5.92 Å². The van der Waals surface area contributed by atoms with Crippen molar-refractivity contribution in [3.63, 3.8) is 0 Å². The van der Waals surface area contributed by atoms with Crippen molar-refractivity contribution >= 4 is 5.91 Å². The Balaban J connectivity index is 2.22. The summed E-state index contributed by atoms with van der Waals surface area (Å²) in [6.45, 7) is 4.74. The fourth-order valence-electron chi connectivity index (χ4n) is 1.54. The molecule has 4 heteroatoms. The Morgan fingerprint density at radius 2 is 2.27 bits per heavy atom. The molecule has 0 bridgehead atoms. The van der Waals surface area contributed by atoms with Crippen LogP contribution in [0.4, 0.5) is 0 Å². The Labute approximate surface area is 90.5 Å². The predicted octanol–water partition coefficient (Wildman–Crippen LogP) is 1.50. The number of carbonyl (C=O) groups is 1. The zero-order valence-electron chi connectivity index (χ0n) is 9.42. The largest absolute Gasteiger partial charge is 0.355 e. The van der Waals surface area contributed by atoms with E-state index in [1.807, 2.05) is 13.8 Å². The molecular formula is C11H19N3O. The number of amides is 1. The van der Waals surface area contributed by atoms with Gasteiger partial charge in [0.25, 0.3) is 0 Å². The Morgan fingerprint density at radius 1 is 1.53 bits per heavy atom. The van der Waals surface area contributed by atoms with Gasteiger partial charge in [0, 0.05) is 31.3 Å². The van der Waals surface area contributed by atoms with E-state index in [0.717, 1.165) is 25.1 Å². The van der Waals surface area contributed by atoms with Crippen molar-refractivity contribution in [2.75, 3.05) is 6.54 Å². The molecule has 0 fully saturated rings. The molecule has 1 amide bonds. The van der Waals surface area contributed by atoms with E-state index >= 15 is 0 Å². The van der Waals surface area contributed by atoms with Crippen LogP contribution in [-0.2, 0) is 11.2 Å². The lowest BCUT2D eigenvalue weighted by atomic mass is 10.0. The van der Waals surface area contributed by atoms with Gasteiger partial charge in [-0.3, -0.25) is 4.79 Å². The SMILES string of the molecule is CCC(CC)C(=O)NCCc1ncc[nH]1. The zero-order chi connectivity index (χ0) is 11.1. The maximum Gasteiger partial charge on any atom is 0.223 e. The van der Waals surface area contributed by atoms with Crippen LogP contribution >= 0.6 is 0 Å². The Hall–Kier alpha value is -1.32. The van der Waals surface area contributed by atoms with Crippen molar-refractivity contribution in [2.24, 2.45) is 5.92 Å². The van der Waals surface area contributed by atoms with Crippen molar-refractivity contribution in [1.29, 1.82) is 0 Å². The van der Waals surface area contributed by atoms with Crippen LogP contribution < -0.4 is 5.32 Å². The predicted molar refractivity (Wildman–Crippen MR) is 59.4 cm³/mol.